The summed E-state index contributed by atoms with van der Waals surface area (Å²) in [5, 5.41) is 3.04. The van der Waals surface area contributed by atoms with E-state index in [2.05, 4.69) is 22.4 Å². The third-order valence-corrected chi connectivity index (χ3v) is 4.12. The fourth-order valence-electron chi connectivity index (χ4n) is 2.99. The molecular weight excluding hydrogens is 292 g/mol. The third-order valence-electron chi connectivity index (χ3n) is 4.12. The Labute approximate surface area is 135 Å². The zero-order valence-electron chi connectivity index (χ0n) is 13.5. The summed E-state index contributed by atoms with van der Waals surface area (Å²) in [4.78, 5) is 26.6. The Morgan fingerprint density at radius 2 is 2.04 bits per heavy atom. The number of benzene rings is 1. The molecule has 2 N–H and O–H groups in total. The van der Waals surface area contributed by atoms with E-state index in [0.29, 0.717) is 17.9 Å². The molecule has 0 saturated heterocycles. The summed E-state index contributed by atoms with van der Waals surface area (Å²) in [5.74, 6) is 0.584. The first-order valence-electron chi connectivity index (χ1n) is 7.70. The number of aryl methyl sites for hydroxylation is 2. The van der Waals surface area contributed by atoms with Crippen molar-refractivity contribution in [3.63, 3.8) is 0 Å². The highest BCUT2D eigenvalue weighted by molar-refractivity contribution is 5.99. The number of ketones is 1. The van der Waals surface area contributed by atoms with E-state index in [1.54, 1.807) is 12.3 Å². The smallest absolute Gasteiger partial charge is 0.268 e. The molecule has 0 fully saturated rings. The molecule has 1 amide bonds. The molecule has 3 rings (SSSR count). The molecule has 0 radical (unpaired) electrons. The molecule has 2 heterocycles. The second-order valence-electron chi connectivity index (χ2n) is 6.02. The van der Waals surface area contributed by atoms with E-state index in [0.717, 1.165) is 28.9 Å². The summed E-state index contributed by atoms with van der Waals surface area (Å²) in [7, 11) is 0. The lowest BCUT2D eigenvalue weighted by Gasteiger charge is -2.28. The molecule has 120 valence electrons. The number of aromatic nitrogens is 1. The SMILES string of the molecule is CC(=O)c1c[nH]c(C(=O)NC2CCOc3c(C)cc(C)cc32)c1. The summed E-state index contributed by atoms with van der Waals surface area (Å²) in [6, 6.07) is 5.63. The quantitative estimate of drug-likeness (QED) is 0.856. The number of carbonyl (C=O) groups excluding carboxylic acids is 2. The van der Waals surface area contributed by atoms with E-state index in [1.807, 2.05) is 13.8 Å². The summed E-state index contributed by atoms with van der Waals surface area (Å²) in [6.07, 6.45) is 2.28. The summed E-state index contributed by atoms with van der Waals surface area (Å²) in [5.41, 5.74) is 4.14. The number of carbonyl (C=O) groups is 2. The highest BCUT2D eigenvalue weighted by Crippen LogP contribution is 2.35. The van der Waals surface area contributed by atoms with Gasteiger partial charge in [0.05, 0.1) is 12.6 Å². The predicted molar refractivity (Wildman–Crippen MR) is 87.0 cm³/mol. The van der Waals surface area contributed by atoms with Gasteiger partial charge < -0.3 is 15.0 Å². The monoisotopic (exact) mass is 312 g/mol. The molecular formula is C18H20N2O3. The largest absolute Gasteiger partial charge is 0.493 e. The van der Waals surface area contributed by atoms with E-state index in [9.17, 15) is 9.59 Å². The van der Waals surface area contributed by atoms with Gasteiger partial charge in [-0.1, -0.05) is 17.7 Å². The molecule has 5 nitrogen and oxygen atoms in total. The third kappa shape index (κ3) is 2.99. The van der Waals surface area contributed by atoms with Gasteiger partial charge in [0.2, 0.25) is 0 Å². The molecule has 0 aliphatic carbocycles. The topological polar surface area (TPSA) is 71.2 Å². The van der Waals surface area contributed by atoms with Crippen molar-refractivity contribution >= 4 is 11.7 Å². The normalized spacial score (nSPS) is 16.4. The Hall–Kier alpha value is -2.56. The fourth-order valence-corrected chi connectivity index (χ4v) is 2.99. The van der Waals surface area contributed by atoms with Crippen molar-refractivity contribution in [3.8, 4) is 5.75 Å². The van der Waals surface area contributed by atoms with Gasteiger partial charge in [-0.25, -0.2) is 0 Å². The highest BCUT2D eigenvalue weighted by atomic mass is 16.5. The van der Waals surface area contributed by atoms with Crippen LogP contribution in [0.15, 0.2) is 24.4 Å². The maximum Gasteiger partial charge on any atom is 0.268 e. The maximum absolute atomic E-state index is 12.4. The number of nitrogens with one attached hydrogen (secondary N) is 2. The molecule has 1 aliphatic heterocycles. The molecule has 1 unspecified atom stereocenters. The number of ether oxygens (including phenoxy) is 1. The van der Waals surface area contributed by atoms with E-state index < -0.39 is 0 Å². The Balaban J connectivity index is 1.84. The lowest BCUT2D eigenvalue weighted by atomic mass is 9.95. The molecule has 1 aromatic carbocycles. The Bertz CT molecular complexity index is 777. The number of fused-ring (bicyclic) bond motifs is 1. The van der Waals surface area contributed by atoms with Crippen molar-refractivity contribution < 1.29 is 14.3 Å². The van der Waals surface area contributed by atoms with Gasteiger partial charge >= 0.3 is 0 Å². The summed E-state index contributed by atoms with van der Waals surface area (Å²) < 4.78 is 5.76. The minimum atomic E-state index is -0.213. The van der Waals surface area contributed by atoms with E-state index in [-0.39, 0.29) is 17.7 Å². The van der Waals surface area contributed by atoms with Crippen LogP contribution < -0.4 is 10.1 Å². The van der Waals surface area contributed by atoms with Crippen LogP contribution in [0.1, 0.15) is 56.9 Å². The first kappa shape index (κ1) is 15.3. The van der Waals surface area contributed by atoms with Crippen LogP contribution in [-0.4, -0.2) is 23.3 Å². The Morgan fingerprint density at radius 1 is 1.26 bits per heavy atom. The van der Waals surface area contributed by atoms with Gasteiger partial charge in [-0.15, -0.1) is 0 Å². The van der Waals surface area contributed by atoms with Crippen molar-refractivity contribution in [2.24, 2.45) is 0 Å². The average Bonchev–Trinajstić information content (AvgIpc) is 2.98. The number of hydrogen-bond acceptors (Lipinski definition) is 3. The minimum Gasteiger partial charge on any atom is -0.493 e. The first-order valence-corrected chi connectivity index (χ1v) is 7.70. The van der Waals surface area contributed by atoms with Crippen LogP contribution in [-0.2, 0) is 0 Å². The molecule has 0 bridgehead atoms. The zero-order chi connectivity index (χ0) is 16.6. The van der Waals surface area contributed by atoms with Crippen molar-refractivity contribution in [3.05, 3.63) is 52.3 Å². The van der Waals surface area contributed by atoms with E-state index in [4.69, 9.17) is 4.74 Å². The van der Waals surface area contributed by atoms with Crippen LogP contribution in [0.5, 0.6) is 5.75 Å². The van der Waals surface area contributed by atoms with Gasteiger partial charge in [-0.2, -0.15) is 0 Å². The van der Waals surface area contributed by atoms with Gasteiger partial charge in [0.1, 0.15) is 11.4 Å². The Morgan fingerprint density at radius 3 is 2.74 bits per heavy atom. The molecule has 1 aromatic heterocycles. The predicted octanol–water partition coefficient (Wildman–Crippen LogP) is 3.09. The lowest BCUT2D eigenvalue weighted by molar-refractivity contribution is 0.0920. The van der Waals surface area contributed by atoms with Gasteiger partial charge in [0, 0.05) is 23.7 Å². The molecule has 1 aliphatic rings. The Kier molecular flexibility index (Phi) is 3.94. The first-order chi connectivity index (χ1) is 11.0. The summed E-state index contributed by atoms with van der Waals surface area (Å²) >= 11 is 0. The van der Waals surface area contributed by atoms with Crippen molar-refractivity contribution in [2.45, 2.75) is 33.2 Å². The van der Waals surface area contributed by atoms with Crippen LogP contribution in [0.25, 0.3) is 0 Å². The van der Waals surface area contributed by atoms with Crippen molar-refractivity contribution in [2.75, 3.05) is 6.61 Å². The summed E-state index contributed by atoms with van der Waals surface area (Å²) in [6.45, 7) is 6.10. The zero-order valence-corrected chi connectivity index (χ0v) is 13.5. The standard InChI is InChI=1S/C18H20N2O3/c1-10-6-11(2)17-14(7-10)15(4-5-23-17)20-18(22)16-8-13(9-19-16)12(3)21/h6-9,15,19H,4-5H2,1-3H3,(H,20,22). The van der Waals surface area contributed by atoms with Crippen LogP contribution in [0, 0.1) is 13.8 Å². The van der Waals surface area contributed by atoms with Crippen LogP contribution >= 0.6 is 0 Å². The number of Topliss-reactive ketones (excluding diaryl/α,β-unsaturated/α-hetero) is 1. The van der Waals surface area contributed by atoms with Gasteiger partial charge in [-0.3, -0.25) is 9.59 Å². The molecule has 23 heavy (non-hydrogen) atoms. The van der Waals surface area contributed by atoms with Crippen LogP contribution in [0.3, 0.4) is 0 Å². The maximum atomic E-state index is 12.4. The second kappa shape index (κ2) is 5.91. The second-order valence-corrected chi connectivity index (χ2v) is 6.02. The fraction of sp³-hybridized carbons (Fsp3) is 0.333. The highest BCUT2D eigenvalue weighted by Gasteiger charge is 2.25. The van der Waals surface area contributed by atoms with Gasteiger partial charge in [0.25, 0.3) is 5.91 Å². The number of hydrogen-bond donors (Lipinski definition) is 2. The van der Waals surface area contributed by atoms with E-state index in [1.165, 1.54) is 6.92 Å². The molecule has 0 spiro atoms. The average molecular weight is 312 g/mol. The lowest BCUT2D eigenvalue weighted by Crippen LogP contribution is -2.32. The molecule has 5 heteroatoms. The molecule has 2 aromatic rings. The number of aromatic amines is 1. The van der Waals surface area contributed by atoms with E-state index >= 15 is 0 Å². The molecule has 0 saturated carbocycles. The van der Waals surface area contributed by atoms with Crippen molar-refractivity contribution in [1.29, 1.82) is 0 Å². The van der Waals surface area contributed by atoms with Gasteiger partial charge in [0.15, 0.2) is 5.78 Å². The van der Waals surface area contributed by atoms with Crippen molar-refractivity contribution in [1.82, 2.24) is 10.3 Å². The number of H-pyrrole nitrogens is 1. The number of amides is 1. The van der Waals surface area contributed by atoms with Gasteiger partial charge in [-0.05, 0) is 32.4 Å². The minimum absolute atomic E-state index is 0.0667. The van der Waals surface area contributed by atoms with Crippen LogP contribution in [0.2, 0.25) is 0 Å². The number of rotatable bonds is 3. The molecule has 1 atom stereocenters. The van der Waals surface area contributed by atoms with Crippen LogP contribution in [0.4, 0.5) is 0 Å².